The Balaban J connectivity index is 2.21. The van der Waals surface area contributed by atoms with Gasteiger partial charge in [-0.3, -0.25) is 0 Å². The van der Waals surface area contributed by atoms with Gasteiger partial charge in [0, 0.05) is 0 Å². The molecule has 2 N–H and O–H groups in total. The Kier molecular flexibility index (Phi) is 5.04. The summed E-state index contributed by atoms with van der Waals surface area (Å²) < 4.78 is 0. The minimum atomic E-state index is 0.00197. The second-order valence-electron chi connectivity index (χ2n) is 4.62. The highest BCUT2D eigenvalue weighted by Gasteiger charge is 2.23. The number of rotatable bonds is 4. The second kappa shape index (κ2) is 6.09. The zero-order valence-corrected chi connectivity index (χ0v) is 9.34. The molecule has 0 amide bonds. The van der Waals surface area contributed by atoms with E-state index in [-0.39, 0.29) is 6.04 Å². The van der Waals surface area contributed by atoms with Gasteiger partial charge >= 0.3 is 0 Å². The molecule has 0 heterocycles. The van der Waals surface area contributed by atoms with E-state index in [1.54, 1.807) is 0 Å². The molecule has 0 bridgehead atoms. The van der Waals surface area contributed by atoms with E-state index in [4.69, 9.17) is 12.2 Å². The number of terminal acetylenes is 1. The first-order valence-corrected chi connectivity index (χ1v) is 5.99. The molecular formula is C13H23N. The molecule has 1 heteroatoms. The van der Waals surface area contributed by atoms with Crippen LogP contribution in [0.25, 0.3) is 0 Å². The lowest BCUT2D eigenvalue weighted by atomic mass is 9.77. The van der Waals surface area contributed by atoms with Crippen LogP contribution < -0.4 is 5.73 Å². The van der Waals surface area contributed by atoms with Crippen LogP contribution in [-0.4, -0.2) is 6.04 Å². The van der Waals surface area contributed by atoms with E-state index in [9.17, 15) is 0 Å². The Morgan fingerprint density at radius 3 is 2.50 bits per heavy atom. The predicted octanol–water partition coefficient (Wildman–Crippen LogP) is 2.94. The van der Waals surface area contributed by atoms with Crippen LogP contribution >= 0.6 is 0 Å². The van der Waals surface area contributed by atoms with E-state index in [2.05, 4.69) is 12.8 Å². The van der Waals surface area contributed by atoms with E-state index in [0.717, 1.165) is 5.92 Å². The van der Waals surface area contributed by atoms with E-state index in [1.807, 2.05) is 0 Å². The quantitative estimate of drug-likeness (QED) is 0.683. The molecule has 1 fully saturated rings. The lowest BCUT2D eigenvalue weighted by Gasteiger charge is -2.30. The number of hydrogen-bond donors (Lipinski definition) is 1. The summed E-state index contributed by atoms with van der Waals surface area (Å²) in [5.74, 6) is 4.22. The molecule has 1 nitrogen and oxygen atoms in total. The molecule has 1 atom stereocenters. The average molecular weight is 193 g/mol. The maximum absolute atomic E-state index is 5.86. The summed E-state index contributed by atoms with van der Waals surface area (Å²) >= 11 is 0. The van der Waals surface area contributed by atoms with Crippen LogP contribution in [0.3, 0.4) is 0 Å². The zero-order valence-electron chi connectivity index (χ0n) is 9.34. The van der Waals surface area contributed by atoms with Crippen molar-refractivity contribution in [1.29, 1.82) is 0 Å². The molecule has 0 saturated heterocycles. The summed E-state index contributed by atoms with van der Waals surface area (Å²) in [7, 11) is 0. The monoisotopic (exact) mass is 193 g/mol. The molecule has 80 valence electrons. The molecule has 1 aliphatic rings. The third-order valence-electron chi connectivity index (χ3n) is 3.56. The van der Waals surface area contributed by atoms with Gasteiger partial charge in [0.2, 0.25) is 0 Å². The molecule has 1 aliphatic carbocycles. The average Bonchev–Trinajstić information content (AvgIpc) is 2.26. The van der Waals surface area contributed by atoms with Gasteiger partial charge < -0.3 is 5.73 Å². The van der Waals surface area contributed by atoms with E-state index in [1.165, 1.54) is 44.9 Å². The molecule has 0 spiro atoms. The Bertz CT molecular complexity index is 184. The first kappa shape index (κ1) is 11.6. The molecule has 0 radical (unpaired) electrons. The molecule has 0 aromatic heterocycles. The van der Waals surface area contributed by atoms with Crippen molar-refractivity contribution >= 4 is 0 Å². The standard InChI is InChI=1S/C13H23N/c1-3-5-6-11-7-9-12(10-8-11)13(14)4-2/h2,11-13H,3,5-10,14H2,1H3. The fourth-order valence-electron chi connectivity index (χ4n) is 2.46. The van der Waals surface area contributed by atoms with Crippen molar-refractivity contribution in [3.8, 4) is 12.3 Å². The van der Waals surface area contributed by atoms with E-state index in [0.29, 0.717) is 5.92 Å². The van der Waals surface area contributed by atoms with Gasteiger partial charge in [0.25, 0.3) is 0 Å². The molecule has 0 aromatic carbocycles. The fraction of sp³-hybridized carbons (Fsp3) is 0.846. The van der Waals surface area contributed by atoms with Crippen molar-refractivity contribution in [2.24, 2.45) is 17.6 Å². The van der Waals surface area contributed by atoms with Crippen molar-refractivity contribution in [2.75, 3.05) is 0 Å². The van der Waals surface area contributed by atoms with Crippen LogP contribution in [0.2, 0.25) is 0 Å². The summed E-state index contributed by atoms with van der Waals surface area (Å²) in [5, 5.41) is 0. The van der Waals surface area contributed by atoms with Crippen molar-refractivity contribution in [2.45, 2.75) is 57.9 Å². The summed E-state index contributed by atoms with van der Waals surface area (Å²) in [6, 6.07) is 0.00197. The Morgan fingerprint density at radius 2 is 2.00 bits per heavy atom. The molecule has 1 saturated carbocycles. The molecule has 0 aromatic rings. The lowest BCUT2D eigenvalue weighted by molar-refractivity contribution is 0.249. The van der Waals surface area contributed by atoms with E-state index < -0.39 is 0 Å². The second-order valence-corrected chi connectivity index (χ2v) is 4.62. The van der Waals surface area contributed by atoms with Crippen molar-refractivity contribution in [3.05, 3.63) is 0 Å². The maximum atomic E-state index is 5.86. The van der Waals surface area contributed by atoms with Crippen LogP contribution in [0.1, 0.15) is 51.9 Å². The van der Waals surface area contributed by atoms with Gasteiger partial charge in [-0.15, -0.1) is 6.42 Å². The third-order valence-corrected chi connectivity index (χ3v) is 3.56. The Morgan fingerprint density at radius 1 is 1.36 bits per heavy atom. The van der Waals surface area contributed by atoms with Gasteiger partial charge in [-0.05, 0) is 24.7 Å². The van der Waals surface area contributed by atoms with E-state index >= 15 is 0 Å². The number of unbranched alkanes of at least 4 members (excludes halogenated alkanes) is 1. The normalized spacial score (nSPS) is 29.5. The zero-order chi connectivity index (χ0) is 10.4. The topological polar surface area (TPSA) is 26.0 Å². The van der Waals surface area contributed by atoms with Crippen molar-refractivity contribution in [3.63, 3.8) is 0 Å². The van der Waals surface area contributed by atoms with Gasteiger partial charge in [-0.1, -0.05) is 44.9 Å². The van der Waals surface area contributed by atoms with Gasteiger partial charge in [-0.25, -0.2) is 0 Å². The SMILES string of the molecule is C#CC(N)C1CCC(CCCC)CC1. The van der Waals surface area contributed by atoms with Crippen molar-refractivity contribution < 1.29 is 0 Å². The van der Waals surface area contributed by atoms with Crippen LogP contribution in [0.15, 0.2) is 0 Å². The van der Waals surface area contributed by atoms with Gasteiger partial charge in [0.05, 0.1) is 6.04 Å². The van der Waals surface area contributed by atoms with Crippen LogP contribution in [0.4, 0.5) is 0 Å². The third kappa shape index (κ3) is 3.35. The minimum Gasteiger partial charge on any atom is -0.317 e. The van der Waals surface area contributed by atoms with Crippen LogP contribution in [-0.2, 0) is 0 Å². The lowest BCUT2D eigenvalue weighted by Crippen LogP contribution is -2.31. The largest absolute Gasteiger partial charge is 0.317 e. The minimum absolute atomic E-state index is 0.00197. The fourth-order valence-corrected chi connectivity index (χ4v) is 2.46. The highest BCUT2D eigenvalue weighted by atomic mass is 14.6. The van der Waals surface area contributed by atoms with Gasteiger partial charge in [0.1, 0.15) is 0 Å². The molecule has 14 heavy (non-hydrogen) atoms. The Hall–Kier alpha value is -0.480. The molecule has 0 aliphatic heterocycles. The molecule has 1 rings (SSSR count). The summed E-state index contributed by atoms with van der Waals surface area (Å²) in [4.78, 5) is 0. The smallest absolute Gasteiger partial charge is 0.0690 e. The highest BCUT2D eigenvalue weighted by molar-refractivity contribution is 5.01. The molecule has 1 unspecified atom stereocenters. The highest BCUT2D eigenvalue weighted by Crippen LogP contribution is 2.32. The first-order chi connectivity index (χ1) is 6.77. The van der Waals surface area contributed by atoms with Crippen LogP contribution in [0.5, 0.6) is 0 Å². The summed E-state index contributed by atoms with van der Waals surface area (Å²) in [5.41, 5.74) is 5.86. The van der Waals surface area contributed by atoms with Crippen molar-refractivity contribution in [1.82, 2.24) is 0 Å². The first-order valence-electron chi connectivity index (χ1n) is 5.99. The number of nitrogens with two attached hydrogens (primary N) is 1. The maximum Gasteiger partial charge on any atom is 0.0690 e. The van der Waals surface area contributed by atoms with Gasteiger partial charge in [-0.2, -0.15) is 0 Å². The molecular weight excluding hydrogens is 170 g/mol. The summed E-state index contributed by atoms with van der Waals surface area (Å²) in [6.45, 7) is 2.26. The van der Waals surface area contributed by atoms with Crippen LogP contribution in [0, 0.1) is 24.2 Å². The predicted molar refractivity (Wildman–Crippen MR) is 61.8 cm³/mol. The number of hydrogen-bond acceptors (Lipinski definition) is 1. The summed E-state index contributed by atoms with van der Waals surface area (Å²) in [6.07, 6.45) is 14.7. The van der Waals surface area contributed by atoms with Gasteiger partial charge in [0.15, 0.2) is 0 Å². The Labute approximate surface area is 88.5 Å².